The van der Waals surface area contributed by atoms with Crippen molar-refractivity contribution in [1.82, 2.24) is 5.32 Å². The van der Waals surface area contributed by atoms with E-state index in [1.54, 1.807) is 0 Å². The van der Waals surface area contributed by atoms with Gasteiger partial charge in [-0.1, -0.05) is 55.8 Å². The van der Waals surface area contributed by atoms with Crippen molar-refractivity contribution in [2.45, 2.75) is 46.8 Å². The lowest BCUT2D eigenvalue weighted by atomic mass is 9.56. The average molecular weight is 357 g/mol. The largest absolute Gasteiger partial charge is 0.449 e. The first kappa shape index (κ1) is 19.0. The minimum absolute atomic E-state index is 0.0626. The fourth-order valence-corrected chi connectivity index (χ4v) is 4.68. The number of fused-ring (bicyclic) bond motifs is 2. The van der Waals surface area contributed by atoms with E-state index in [1.807, 2.05) is 19.9 Å². The van der Waals surface area contributed by atoms with Crippen molar-refractivity contribution in [3.05, 3.63) is 47.5 Å². The molecule has 4 nitrogen and oxygen atoms in total. The molecule has 0 aromatic heterocycles. The van der Waals surface area contributed by atoms with Crippen LogP contribution in [0.5, 0.6) is 0 Å². The molecule has 26 heavy (non-hydrogen) atoms. The summed E-state index contributed by atoms with van der Waals surface area (Å²) in [7, 11) is 0. The van der Waals surface area contributed by atoms with Crippen LogP contribution in [0.4, 0.5) is 4.79 Å². The van der Waals surface area contributed by atoms with E-state index in [2.05, 4.69) is 56.4 Å². The Hall–Kier alpha value is -1.81. The van der Waals surface area contributed by atoms with Gasteiger partial charge in [-0.2, -0.15) is 0 Å². The third kappa shape index (κ3) is 3.39. The standard InChI is InChI=1S/C22H31NO3/c1-14(2)23-21(24)26-13-22-12-25-20(18-9-7-6-8-10-18)19(17(22)5)15(3)11-16(22)4/h6-11,14,16-17,19-20H,12-13H2,1-5H3,(H,23,24)/t16-,17+,19-,20+,22+/m0/s1. The van der Waals surface area contributed by atoms with Gasteiger partial charge in [0.05, 0.1) is 12.7 Å². The summed E-state index contributed by atoms with van der Waals surface area (Å²) >= 11 is 0. The van der Waals surface area contributed by atoms with Gasteiger partial charge in [0.15, 0.2) is 0 Å². The van der Waals surface area contributed by atoms with Gasteiger partial charge in [-0.15, -0.1) is 0 Å². The first-order valence-electron chi connectivity index (χ1n) is 9.63. The van der Waals surface area contributed by atoms with Gasteiger partial charge in [-0.25, -0.2) is 4.79 Å². The number of carbonyl (C=O) groups excluding carboxylic acids is 1. The summed E-state index contributed by atoms with van der Waals surface area (Å²) in [6, 6.07) is 10.5. The van der Waals surface area contributed by atoms with Gasteiger partial charge >= 0.3 is 6.09 Å². The number of rotatable bonds is 4. The molecule has 0 saturated carbocycles. The molecule has 1 aromatic carbocycles. The summed E-state index contributed by atoms with van der Waals surface area (Å²) in [5.74, 6) is 0.977. The van der Waals surface area contributed by atoms with Crippen LogP contribution in [0, 0.1) is 23.2 Å². The number of benzene rings is 1. The Morgan fingerprint density at radius 3 is 2.65 bits per heavy atom. The van der Waals surface area contributed by atoms with Crippen molar-refractivity contribution in [1.29, 1.82) is 0 Å². The molecule has 2 bridgehead atoms. The molecule has 1 heterocycles. The molecule has 2 aliphatic rings. The number of hydrogen-bond donors (Lipinski definition) is 1. The summed E-state index contributed by atoms with van der Waals surface area (Å²) in [6.07, 6.45) is 2.07. The summed E-state index contributed by atoms with van der Waals surface area (Å²) < 4.78 is 12.0. The smallest absolute Gasteiger partial charge is 0.407 e. The quantitative estimate of drug-likeness (QED) is 0.793. The predicted octanol–water partition coefficient (Wildman–Crippen LogP) is 4.73. The molecule has 1 aliphatic heterocycles. The number of nitrogens with one attached hydrogen (secondary N) is 1. The third-order valence-electron chi connectivity index (χ3n) is 6.26. The molecule has 1 saturated heterocycles. The van der Waals surface area contributed by atoms with Crippen molar-refractivity contribution < 1.29 is 14.3 Å². The van der Waals surface area contributed by atoms with Gasteiger partial charge in [-0.3, -0.25) is 0 Å². The normalized spacial score (nSPS) is 33.5. The van der Waals surface area contributed by atoms with Gasteiger partial charge in [0.25, 0.3) is 0 Å². The summed E-state index contributed by atoms with van der Waals surface area (Å²) in [4.78, 5) is 12.0. The SMILES string of the molecule is CC1=C[C@H](C)[C@]2(COC(=O)NC(C)C)CO[C@H](c3ccccc3)[C@@H]1[C@H]2C. The molecular weight excluding hydrogens is 326 g/mol. The number of allylic oxidation sites excluding steroid dienone is 1. The highest BCUT2D eigenvalue weighted by Gasteiger charge is 2.54. The summed E-state index contributed by atoms with van der Waals surface area (Å²) in [5, 5.41) is 2.81. The van der Waals surface area contributed by atoms with Crippen molar-refractivity contribution in [3.63, 3.8) is 0 Å². The minimum atomic E-state index is -0.346. The van der Waals surface area contributed by atoms with E-state index in [-0.39, 0.29) is 23.7 Å². The maximum atomic E-state index is 12.0. The van der Waals surface area contributed by atoms with Crippen LogP contribution in [0.2, 0.25) is 0 Å². The van der Waals surface area contributed by atoms with Crippen LogP contribution in [-0.4, -0.2) is 25.3 Å². The Balaban J connectivity index is 1.84. The van der Waals surface area contributed by atoms with Crippen LogP contribution in [0.3, 0.4) is 0 Å². The Morgan fingerprint density at radius 2 is 2.00 bits per heavy atom. The van der Waals surface area contributed by atoms with Crippen LogP contribution >= 0.6 is 0 Å². The van der Waals surface area contributed by atoms with E-state index in [0.717, 1.165) is 0 Å². The van der Waals surface area contributed by atoms with Crippen LogP contribution in [0.15, 0.2) is 42.0 Å². The van der Waals surface area contributed by atoms with Crippen LogP contribution in [-0.2, 0) is 9.47 Å². The van der Waals surface area contributed by atoms with E-state index < -0.39 is 0 Å². The maximum Gasteiger partial charge on any atom is 0.407 e. The molecule has 1 amide bonds. The zero-order chi connectivity index (χ0) is 18.9. The highest BCUT2D eigenvalue weighted by Crippen LogP contribution is 2.56. The Kier molecular flexibility index (Phi) is 5.42. The van der Waals surface area contributed by atoms with Crippen molar-refractivity contribution in [2.24, 2.45) is 23.2 Å². The van der Waals surface area contributed by atoms with E-state index in [1.165, 1.54) is 11.1 Å². The molecule has 142 valence electrons. The topological polar surface area (TPSA) is 47.6 Å². The van der Waals surface area contributed by atoms with E-state index in [4.69, 9.17) is 9.47 Å². The van der Waals surface area contributed by atoms with Gasteiger partial charge in [0.1, 0.15) is 6.61 Å². The van der Waals surface area contributed by atoms with E-state index in [0.29, 0.717) is 31.0 Å². The Bertz CT molecular complexity index is 669. The maximum absolute atomic E-state index is 12.0. The Labute approximate surface area is 157 Å². The lowest BCUT2D eigenvalue weighted by Gasteiger charge is -2.55. The molecule has 1 fully saturated rings. The zero-order valence-electron chi connectivity index (χ0n) is 16.5. The Morgan fingerprint density at radius 1 is 1.31 bits per heavy atom. The third-order valence-corrected chi connectivity index (χ3v) is 6.26. The predicted molar refractivity (Wildman–Crippen MR) is 103 cm³/mol. The lowest BCUT2D eigenvalue weighted by Crippen LogP contribution is -2.55. The molecule has 0 unspecified atom stereocenters. The van der Waals surface area contributed by atoms with Crippen LogP contribution in [0.25, 0.3) is 0 Å². The summed E-state index contributed by atoms with van der Waals surface area (Å²) in [5.41, 5.74) is 2.42. The van der Waals surface area contributed by atoms with Gasteiger partial charge in [-0.05, 0) is 38.2 Å². The molecule has 5 atom stereocenters. The molecule has 4 heteroatoms. The second-order valence-electron chi connectivity index (χ2n) is 8.26. The number of alkyl carbamates (subject to hydrolysis) is 1. The molecule has 3 rings (SSSR count). The molecule has 1 N–H and O–H groups in total. The highest BCUT2D eigenvalue weighted by molar-refractivity contribution is 5.67. The van der Waals surface area contributed by atoms with Crippen molar-refractivity contribution in [3.8, 4) is 0 Å². The van der Waals surface area contributed by atoms with E-state index >= 15 is 0 Å². The zero-order valence-corrected chi connectivity index (χ0v) is 16.5. The fraction of sp³-hybridized carbons (Fsp3) is 0.591. The number of ether oxygens (including phenoxy) is 2. The van der Waals surface area contributed by atoms with Crippen LogP contribution in [0.1, 0.15) is 46.3 Å². The van der Waals surface area contributed by atoms with Crippen LogP contribution < -0.4 is 5.32 Å². The van der Waals surface area contributed by atoms with E-state index in [9.17, 15) is 4.79 Å². The second-order valence-corrected chi connectivity index (χ2v) is 8.26. The monoisotopic (exact) mass is 357 g/mol. The molecule has 1 aromatic rings. The van der Waals surface area contributed by atoms with Gasteiger partial charge in [0.2, 0.25) is 0 Å². The van der Waals surface area contributed by atoms with Gasteiger partial charge < -0.3 is 14.8 Å². The molecule has 0 radical (unpaired) electrons. The summed E-state index contributed by atoms with van der Waals surface area (Å²) in [6.45, 7) is 11.6. The molecule has 0 spiro atoms. The molecular formula is C22H31NO3. The first-order chi connectivity index (χ1) is 12.3. The number of hydrogen-bond acceptors (Lipinski definition) is 3. The average Bonchev–Trinajstić information content (AvgIpc) is 2.59. The minimum Gasteiger partial charge on any atom is -0.449 e. The van der Waals surface area contributed by atoms with Crippen molar-refractivity contribution >= 4 is 6.09 Å². The lowest BCUT2D eigenvalue weighted by molar-refractivity contribution is -0.165. The first-order valence-corrected chi connectivity index (χ1v) is 9.63. The van der Waals surface area contributed by atoms with Gasteiger partial charge in [0, 0.05) is 17.4 Å². The van der Waals surface area contributed by atoms with Crippen molar-refractivity contribution in [2.75, 3.05) is 13.2 Å². The number of carbonyl (C=O) groups is 1. The second kappa shape index (κ2) is 7.43. The highest BCUT2D eigenvalue weighted by atomic mass is 16.6. The fourth-order valence-electron chi connectivity index (χ4n) is 4.68. The molecule has 1 aliphatic carbocycles. The number of amides is 1.